The minimum absolute atomic E-state index is 0.634. The smallest absolute Gasteiger partial charge is 0.0223 e. The first-order chi connectivity index (χ1) is 7.70. The number of rotatable bonds is 7. The van der Waals surface area contributed by atoms with Crippen molar-refractivity contribution < 1.29 is 0 Å². The van der Waals surface area contributed by atoms with Crippen LogP contribution in [0.4, 0.5) is 0 Å². The highest BCUT2D eigenvalue weighted by molar-refractivity contribution is 6.17. The molecule has 1 fully saturated rings. The molecule has 0 atom stereocenters. The summed E-state index contributed by atoms with van der Waals surface area (Å²) < 4.78 is 0. The van der Waals surface area contributed by atoms with Gasteiger partial charge in [0.2, 0.25) is 0 Å². The lowest BCUT2D eigenvalue weighted by Gasteiger charge is -2.39. The Balaban J connectivity index is 2.04. The van der Waals surface area contributed by atoms with E-state index in [4.69, 9.17) is 11.6 Å². The van der Waals surface area contributed by atoms with Crippen LogP contribution in [0, 0.1) is 5.41 Å². The molecule has 1 rings (SSSR count). The largest absolute Gasteiger partial charge is 0.303 e. The number of unbranched alkanes of at least 4 members (excludes halogenated alkanes) is 3. The monoisotopic (exact) mass is 245 g/mol. The summed E-state index contributed by atoms with van der Waals surface area (Å²) in [7, 11) is 0. The van der Waals surface area contributed by atoms with Gasteiger partial charge >= 0.3 is 0 Å². The zero-order chi connectivity index (χ0) is 11.9. The van der Waals surface area contributed by atoms with Gasteiger partial charge in [0.25, 0.3) is 0 Å². The molecular formula is C14H28ClN. The van der Waals surface area contributed by atoms with Gasteiger partial charge in [-0.1, -0.05) is 33.1 Å². The molecule has 0 spiro atoms. The van der Waals surface area contributed by atoms with E-state index in [0.717, 1.165) is 5.88 Å². The zero-order valence-corrected chi connectivity index (χ0v) is 11.9. The van der Waals surface area contributed by atoms with Crippen molar-refractivity contribution in [1.29, 1.82) is 0 Å². The number of hydrogen-bond donors (Lipinski definition) is 0. The van der Waals surface area contributed by atoms with Gasteiger partial charge in [0.05, 0.1) is 0 Å². The minimum atomic E-state index is 0.634. The lowest BCUT2D eigenvalue weighted by atomic mass is 9.78. The van der Waals surface area contributed by atoms with Crippen molar-refractivity contribution in [3.05, 3.63) is 0 Å². The number of halogens is 1. The quantitative estimate of drug-likeness (QED) is 0.478. The molecule has 16 heavy (non-hydrogen) atoms. The summed E-state index contributed by atoms with van der Waals surface area (Å²) in [6.45, 7) is 8.73. The molecule has 1 nitrogen and oxygen atoms in total. The highest BCUT2D eigenvalue weighted by atomic mass is 35.5. The third kappa shape index (κ3) is 5.05. The third-order valence-corrected chi connectivity index (χ3v) is 4.54. The van der Waals surface area contributed by atoms with Crippen molar-refractivity contribution in [2.75, 3.05) is 25.5 Å². The molecule has 0 radical (unpaired) electrons. The van der Waals surface area contributed by atoms with Gasteiger partial charge < -0.3 is 4.90 Å². The first-order valence-corrected chi connectivity index (χ1v) is 7.52. The Kier molecular flexibility index (Phi) is 6.75. The third-order valence-electron chi connectivity index (χ3n) is 4.27. The number of alkyl halides is 1. The van der Waals surface area contributed by atoms with E-state index in [1.54, 1.807) is 0 Å². The molecule has 0 N–H and O–H groups in total. The molecule has 1 saturated heterocycles. The Hall–Kier alpha value is 0.250. The standard InChI is InChI=1S/C14H28ClN/c1-3-14(2)8-12-16(13-9-14)11-7-5-4-6-10-15/h3-13H2,1-2H3. The van der Waals surface area contributed by atoms with Crippen molar-refractivity contribution >= 4 is 11.6 Å². The number of nitrogens with zero attached hydrogens (tertiary/aromatic N) is 1. The van der Waals surface area contributed by atoms with Gasteiger partial charge in [0.1, 0.15) is 0 Å². The van der Waals surface area contributed by atoms with Crippen molar-refractivity contribution in [3.63, 3.8) is 0 Å². The van der Waals surface area contributed by atoms with E-state index in [2.05, 4.69) is 18.7 Å². The molecule has 1 heterocycles. The van der Waals surface area contributed by atoms with Crippen LogP contribution in [-0.2, 0) is 0 Å². The van der Waals surface area contributed by atoms with Gasteiger partial charge in [0, 0.05) is 5.88 Å². The zero-order valence-electron chi connectivity index (χ0n) is 11.1. The van der Waals surface area contributed by atoms with E-state index in [9.17, 15) is 0 Å². The van der Waals surface area contributed by atoms with Crippen LogP contribution in [0.1, 0.15) is 58.8 Å². The van der Waals surface area contributed by atoms with Gasteiger partial charge in [-0.15, -0.1) is 11.6 Å². The van der Waals surface area contributed by atoms with Gasteiger partial charge in [0.15, 0.2) is 0 Å². The van der Waals surface area contributed by atoms with E-state index < -0.39 is 0 Å². The maximum Gasteiger partial charge on any atom is 0.0223 e. The summed E-state index contributed by atoms with van der Waals surface area (Å²) in [6.07, 6.45) is 9.35. The Morgan fingerprint density at radius 3 is 2.25 bits per heavy atom. The summed E-state index contributed by atoms with van der Waals surface area (Å²) >= 11 is 5.67. The molecule has 0 aromatic rings. The Labute approximate surface area is 107 Å². The first kappa shape index (κ1) is 14.3. The second-order valence-electron chi connectivity index (χ2n) is 5.61. The van der Waals surface area contributed by atoms with E-state index in [-0.39, 0.29) is 0 Å². The number of piperidine rings is 1. The van der Waals surface area contributed by atoms with Crippen molar-refractivity contribution in [3.8, 4) is 0 Å². The predicted molar refractivity (Wildman–Crippen MR) is 73.3 cm³/mol. The summed E-state index contributed by atoms with van der Waals surface area (Å²) in [5.74, 6) is 0.832. The fourth-order valence-corrected chi connectivity index (χ4v) is 2.64. The van der Waals surface area contributed by atoms with Crippen LogP contribution < -0.4 is 0 Å². The fourth-order valence-electron chi connectivity index (χ4n) is 2.45. The summed E-state index contributed by atoms with van der Waals surface area (Å²) in [4.78, 5) is 2.65. The lowest BCUT2D eigenvalue weighted by Crippen LogP contribution is -2.38. The highest BCUT2D eigenvalue weighted by Crippen LogP contribution is 2.33. The normalized spacial score (nSPS) is 21.2. The average molecular weight is 246 g/mol. The van der Waals surface area contributed by atoms with Crippen molar-refractivity contribution in [2.24, 2.45) is 5.41 Å². The SMILES string of the molecule is CCC1(C)CCN(CCCCCCCl)CC1. The maximum atomic E-state index is 5.67. The summed E-state index contributed by atoms with van der Waals surface area (Å²) in [5.41, 5.74) is 0.634. The van der Waals surface area contributed by atoms with E-state index in [1.807, 2.05) is 0 Å². The van der Waals surface area contributed by atoms with Crippen LogP contribution >= 0.6 is 11.6 Å². The van der Waals surface area contributed by atoms with Gasteiger partial charge in [-0.3, -0.25) is 0 Å². The molecule has 96 valence electrons. The molecule has 0 aromatic carbocycles. The highest BCUT2D eigenvalue weighted by Gasteiger charge is 2.27. The summed E-state index contributed by atoms with van der Waals surface area (Å²) in [6, 6.07) is 0. The number of likely N-dealkylation sites (tertiary alicyclic amines) is 1. The molecule has 1 aliphatic rings. The van der Waals surface area contributed by atoms with E-state index >= 15 is 0 Å². The van der Waals surface area contributed by atoms with Gasteiger partial charge in [-0.25, -0.2) is 0 Å². The predicted octanol–water partition coefficient (Wildman–Crippen LogP) is 4.30. The molecule has 0 aromatic heterocycles. The van der Waals surface area contributed by atoms with Crippen LogP contribution in [0.2, 0.25) is 0 Å². The van der Waals surface area contributed by atoms with Crippen LogP contribution in [-0.4, -0.2) is 30.4 Å². The van der Waals surface area contributed by atoms with Crippen LogP contribution in [0.15, 0.2) is 0 Å². The Morgan fingerprint density at radius 2 is 1.69 bits per heavy atom. The maximum absolute atomic E-state index is 5.67. The van der Waals surface area contributed by atoms with Crippen molar-refractivity contribution in [1.82, 2.24) is 4.90 Å². The van der Waals surface area contributed by atoms with Gasteiger partial charge in [-0.2, -0.15) is 0 Å². The molecule has 0 saturated carbocycles. The average Bonchev–Trinajstić information content (AvgIpc) is 2.31. The summed E-state index contributed by atoms with van der Waals surface area (Å²) in [5, 5.41) is 0. The van der Waals surface area contributed by atoms with Crippen LogP contribution in [0.3, 0.4) is 0 Å². The Bertz CT molecular complexity index is 174. The van der Waals surface area contributed by atoms with Crippen LogP contribution in [0.5, 0.6) is 0 Å². The molecular weight excluding hydrogens is 218 g/mol. The molecule has 1 aliphatic heterocycles. The molecule has 2 heteroatoms. The second-order valence-corrected chi connectivity index (χ2v) is 5.99. The van der Waals surface area contributed by atoms with Crippen LogP contribution in [0.25, 0.3) is 0 Å². The van der Waals surface area contributed by atoms with E-state index in [1.165, 1.54) is 64.6 Å². The van der Waals surface area contributed by atoms with Crippen molar-refractivity contribution in [2.45, 2.75) is 58.8 Å². The fraction of sp³-hybridized carbons (Fsp3) is 1.00. The second kappa shape index (κ2) is 7.55. The molecule has 0 amide bonds. The lowest BCUT2D eigenvalue weighted by molar-refractivity contribution is 0.113. The van der Waals surface area contributed by atoms with E-state index in [0.29, 0.717) is 5.41 Å². The first-order valence-electron chi connectivity index (χ1n) is 6.98. The topological polar surface area (TPSA) is 3.24 Å². The number of hydrogen-bond acceptors (Lipinski definition) is 1. The van der Waals surface area contributed by atoms with Gasteiger partial charge in [-0.05, 0) is 50.7 Å². The molecule has 0 aliphatic carbocycles. The molecule has 0 bridgehead atoms. The Morgan fingerprint density at radius 1 is 1.06 bits per heavy atom. The minimum Gasteiger partial charge on any atom is -0.303 e. The molecule has 0 unspecified atom stereocenters.